The van der Waals surface area contributed by atoms with Gasteiger partial charge in [-0.25, -0.2) is 0 Å². The summed E-state index contributed by atoms with van der Waals surface area (Å²) in [5.41, 5.74) is 6.39. The van der Waals surface area contributed by atoms with Crippen LogP contribution in [0.3, 0.4) is 0 Å². The summed E-state index contributed by atoms with van der Waals surface area (Å²) in [6.07, 6.45) is 1.86. The maximum Gasteiger partial charge on any atom is 0.222 e. The smallest absolute Gasteiger partial charge is 0.222 e. The van der Waals surface area contributed by atoms with Crippen LogP contribution in [0.1, 0.15) is 18.4 Å². The number of benzene rings is 1. The van der Waals surface area contributed by atoms with Crippen molar-refractivity contribution >= 4 is 27.7 Å². The summed E-state index contributed by atoms with van der Waals surface area (Å²) in [6.45, 7) is 1.12. The molecule has 2 amide bonds. The summed E-state index contributed by atoms with van der Waals surface area (Å²) in [4.78, 5) is 24.9. The fraction of sp³-hybridized carbons (Fsp3) is 0.429. The summed E-state index contributed by atoms with van der Waals surface area (Å²) >= 11 is 3.47. The zero-order valence-electron chi connectivity index (χ0n) is 10.6. The van der Waals surface area contributed by atoms with Crippen LogP contribution < -0.4 is 5.73 Å². The lowest BCUT2D eigenvalue weighted by atomic mass is 10.1. The molecule has 1 aliphatic heterocycles. The standard InChI is InChI=1S/C14H17BrN2O2/c15-12-4-2-1-3-10(12)5-6-13(18)17-8-7-11(9-17)14(16)19/h1-4,11H,5-9H2,(H2,16,19). The lowest BCUT2D eigenvalue weighted by Gasteiger charge is -2.16. The highest BCUT2D eigenvalue weighted by Gasteiger charge is 2.29. The Morgan fingerprint density at radius 2 is 2.11 bits per heavy atom. The van der Waals surface area contributed by atoms with E-state index in [1.165, 1.54) is 0 Å². The van der Waals surface area contributed by atoms with E-state index in [-0.39, 0.29) is 17.7 Å². The van der Waals surface area contributed by atoms with Crippen molar-refractivity contribution in [1.82, 2.24) is 4.90 Å². The van der Waals surface area contributed by atoms with Crippen molar-refractivity contribution in [3.63, 3.8) is 0 Å². The molecule has 0 saturated carbocycles. The Morgan fingerprint density at radius 3 is 2.74 bits per heavy atom. The Bertz CT molecular complexity index is 490. The van der Waals surface area contributed by atoms with E-state index < -0.39 is 0 Å². The molecular weight excluding hydrogens is 308 g/mol. The number of likely N-dealkylation sites (tertiary alicyclic amines) is 1. The van der Waals surface area contributed by atoms with E-state index in [4.69, 9.17) is 5.73 Å². The fourth-order valence-corrected chi connectivity index (χ4v) is 2.80. The molecule has 0 aromatic heterocycles. The van der Waals surface area contributed by atoms with E-state index in [0.717, 1.165) is 10.0 Å². The van der Waals surface area contributed by atoms with Gasteiger partial charge >= 0.3 is 0 Å². The van der Waals surface area contributed by atoms with Crippen LogP contribution in [0.4, 0.5) is 0 Å². The second kappa shape index (κ2) is 6.19. The second-order valence-corrected chi connectivity index (χ2v) is 5.67. The number of rotatable bonds is 4. The predicted octanol–water partition coefficient (Wildman–Crippen LogP) is 1.72. The quantitative estimate of drug-likeness (QED) is 0.916. The number of primary amides is 1. The second-order valence-electron chi connectivity index (χ2n) is 4.82. The van der Waals surface area contributed by atoms with E-state index in [2.05, 4.69) is 15.9 Å². The average molecular weight is 325 g/mol. The van der Waals surface area contributed by atoms with Crippen molar-refractivity contribution in [3.05, 3.63) is 34.3 Å². The minimum Gasteiger partial charge on any atom is -0.369 e. The van der Waals surface area contributed by atoms with Crippen LogP contribution in [0.5, 0.6) is 0 Å². The molecule has 0 spiro atoms. The first-order valence-electron chi connectivity index (χ1n) is 6.38. The van der Waals surface area contributed by atoms with Gasteiger partial charge in [0.05, 0.1) is 5.92 Å². The molecule has 19 heavy (non-hydrogen) atoms. The summed E-state index contributed by atoms with van der Waals surface area (Å²) in [7, 11) is 0. The van der Waals surface area contributed by atoms with Crippen molar-refractivity contribution in [2.24, 2.45) is 11.7 Å². The maximum absolute atomic E-state index is 12.1. The number of carbonyl (C=O) groups is 2. The summed E-state index contributed by atoms with van der Waals surface area (Å²) in [6, 6.07) is 7.89. The number of halogens is 1. The normalized spacial score (nSPS) is 18.6. The van der Waals surface area contributed by atoms with Gasteiger partial charge < -0.3 is 10.6 Å². The van der Waals surface area contributed by atoms with Crippen molar-refractivity contribution < 1.29 is 9.59 Å². The molecule has 1 aromatic rings. The van der Waals surface area contributed by atoms with Gasteiger partial charge in [0.1, 0.15) is 0 Å². The van der Waals surface area contributed by atoms with Crippen LogP contribution in [0.2, 0.25) is 0 Å². The Kier molecular flexibility index (Phi) is 4.58. The van der Waals surface area contributed by atoms with Crippen LogP contribution in [0, 0.1) is 5.92 Å². The van der Waals surface area contributed by atoms with Gasteiger partial charge in [-0.3, -0.25) is 9.59 Å². The van der Waals surface area contributed by atoms with Crippen molar-refractivity contribution in [2.75, 3.05) is 13.1 Å². The molecule has 1 aliphatic rings. The molecule has 4 nitrogen and oxygen atoms in total. The molecule has 1 aromatic carbocycles. The molecule has 0 radical (unpaired) electrons. The number of carbonyl (C=O) groups excluding carboxylic acids is 2. The zero-order valence-corrected chi connectivity index (χ0v) is 12.2. The lowest BCUT2D eigenvalue weighted by Crippen LogP contribution is -2.31. The first kappa shape index (κ1) is 14.1. The fourth-order valence-electron chi connectivity index (χ4n) is 2.32. The van der Waals surface area contributed by atoms with Crippen molar-refractivity contribution in [3.8, 4) is 0 Å². The molecule has 2 N–H and O–H groups in total. The molecule has 2 rings (SSSR count). The van der Waals surface area contributed by atoms with E-state index in [1.54, 1.807) is 4.90 Å². The van der Waals surface area contributed by atoms with Gasteiger partial charge in [0, 0.05) is 24.0 Å². The minimum absolute atomic E-state index is 0.0968. The highest BCUT2D eigenvalue weighted by molar-refractivity contribution is 9.10. The van der Waals surface area contributed by atoms with Gasteiger partial charge in [0.25, 0.3) is 0 Å². The number of hydrogen-bond acceptors (Lipinski definition) is 2. The molecule has 5 heteroatoms. The van der Waals surface area contributed by atoms with E-state index in [9.17, 15) is 9.59 Å². The maximum atomic E-state index is 12.1. The first-order chi connectivity index (χ1) is 9.08. The van der Waals surface area contributed by atoms with E-state index in [1.807, 2.05) is 24.3 Å². The number of nitrogens with zero attached hydrogens (tertiary/aromatic N) is 1. The third-order valence-corrected chi connectivity index (χ3v) is 4.28. The van der Waals surface area contributed by atoms with Gasteiger partial charge in [-0.1, -0.05) is 34.1 Å². The van der Waals surface area contributed by atoms with Crippen LogP contribution in [-0.2, 0) is 16.0 Å². The summed E-state index contributed by atoms with van der Waals surface area (Å²) in [5, 5.41) is 0. The number of nitrogens with two attached hydrogens (primary N) is 1. The van der Waals surface area contributed by atoms with Gasteiger partial charge in [-0.15, -0.1) is 0 Å². The van der Waals surface area contributed by atoms with Gasteiger partial charge in [0.15, 0.2) is 0 Å². The summed E-state index contributed by atoms with van der Waals surface area (Å²) in [5.74, 6) is -0.381. The SMILES string of the molecule is NC(=O)C1CCN(C(=O)CCc2ccccc2Br)C1. The largest absolute Gasteiger partial charge is 0.369 e. The number of amides is 2. The van der Waals surface area contributed by atoms with Gasteiger partial charge in [-0.2, -0.15) is 0 Å². The van der Waals surface area contributed by atoms with Crippen LogP contribution in [-0.4, -0.2) is 29.8 Å². The third kappa shape index (κ3) is 3.56. The highest BCUT2D eigenvalue weighted by atomic mass is 79.9. The van der Waals surface area contributed by atoms with Crippen LogP contribution >= 0.6 is 15.9 Å². The highest BCUT2D eigenvalue weighted by Crippen LogP contribution is 2.20. The monoisotopic (exact) mass is 324 g/mol. The van der Waals surface area contributed by atoms with Gasteiger partial charge in [0.2, 0.25) is 11.8 Å². The first-order valence-corrected chi connectivity index (χ1v) is 7.17. The van der Waals surface area contributed by atoms with E-state index in [0.29, 0.717) is 32.4 Å². The molecule has 1 atom stereocenters. The molecule has 1 saturated heterocycles. The van der Waals surface area contributed by atoms with E-state index >= 15 is 0 Å². The van der Waals surface area contributed by atoms with Crippen molar-refractivity contribution in [1.29, 1.82) is 0 Å². The molecule has 1 heterocycles. The molecule has 1 fully saturated rings. The number of hydrogen-bond donors (Lipinski definition) is 1. The lowest BCUT2D eigenvalue weighted by molar-refractivity contribution is -0.130. The van der Waals surface area contributed by atoms with Crippen molar-refractivity contribution in [2.45, 2.75) is 19.3 Å². The molecule has 0 bridgehead atoms. The Balaban J connectivity index is 1.86. The molecule has 102 valence electrons. The van der Waals surface area contributed by atoms with Crippen LogP contribution in [0.25, 0.3) is 0 Å². The van der Waals surface area contributed by atoms with Gasteiger partial charge in [-0.05, 0) is 24.5 Å². The zero-order chi connectivity index (χ0) is 13.8. The molecule has 1 unspecified atom stereocenters. The number of aryl methyl sites for hydroxylation is 1. The topological polar surface area (TPSA) is 63.4 Å². The van der Waals surface area contributed by atoms with Crippen LogP contribution in [0.15, 0.2) is 28.7 Å². The summed E-state index contributed by atoms with van der Waals surface area (Å²) < 4.78 is 1.03. The average Bonchev–Trinajstić information content (AvgIpc) is 2.87. The minimum atomic E-state index is -0.305. The third-order valence-electron chi connectivity index (χ3n) is 3.51. The molecule has 0 aliphatic carbocycles. The Labute approximate surface area is 121 Å². The molecular formula is C14H17BrN2O2. The Hall–Kier alpha value is -1.36. The Morgan fingerprint density at radius 1 is 1.37 bits per heavy atom. The predicted molar refractivity (Wildman–Crippen MR) is 76.3 cm³/mol.